The van der Waals surface area contributed by atoms with Gasteiger partial charge in [-0.3, -0.25) is 14.9 Å². The number of nitrogens with one attached hydrogen (secondary N) is 1. The number of nitrogens with zero attached hydrogens (tertiary/aromatic N) is 3. The van der Waals surface area contributed by atoms with Crippen molar-refractivity contribution in [2.24, 2.45) is 0 Å². The van der Waals surface area contributed by atoms with E-state index in [-0.39, 0.29) is 17.6 Å². The molecule has 0 bridgehead atoms. The van der Waals surface area contributed by atoms with Crippen LogP contribution in [0.15, 0.2) is 48.5 Å². The smallest absolute Gasteiger partial charge is 0.270 e. The highest BCUT2D eigenvalue weighted by molar-refractivity contribution is 5.94. The number of aryl methyl sites for hydroxylation is 2. The maximum atomic E-state index is 12.9. The predicted octanol–water partition coefficient (Wildman–Crippen LogP) is 4.59. The van der Waals surface area contributed by atoms with Crippen molar-refractivity contribution in [1.29, 1.82) is 0 Å². The lowest BCUT2D eigenvalue weighted by Crippen LogP contribution is -2.33. The Morgan fingerprint density at radius 3 is 2.45 bits per heavy atom. The van der Waals surface area contributed by atoms with Crippen LogP contribution in [0.5, 0.6) is 0 Å². The Hall–Kier alpha value is -3.48. The average molecular weight is 392 g/mol. The average Bonchev–Trinajstić information content (AvgIpc) is 3.13. The van der Waals surface area contributed by atoms with Gasteiger partial charge in [0.25, 0.3) is 11.6 Å². The molecule has 1 unspecified atom stereocenters. The van der Waals surface area contributed by atoms with Crippen molar-refractivity contribution in [3.05, 3.63) is 75.5 Å². The number of hydrogen-bond acceptors (Lipinski definition) is 4. The Morgan fingerprint density at radius 1 is 1.17 bits per heavy atom. The van der Waals surface area contributed by atoms with Crippen LogP contribution < -0.4 is 5.32 Å². The van der Waals surface area contributed by atoms with Crippen LogP contribution in [0, 0.1) is 24.0 Å². The van der Waals surface area contributed by atoms with Gasteiger partial charge in [-0.15, -0.1) is 0 Å². The van der Waals surface area contributed by atoms with E-state index in [1.165, 1.54) is 12.1 Å². The van der Waals surface area contributed by atoms with Gasteiger partial charge in [0.2, 0.25) is 0 Å². The molecule has 0 aliphatic heterocycles. The van der Waals surface area contributed by atoms with E-state index in [1.807, 2.05) is 45.9 Å². The van der Waals surface area contributed by atoms with Gasteiger partial charge in [-0.1, -0.05) is 24.6 Å². The molecule has 0 radical (unpaired) electrons. The number of carbonyl (C=O) groups is 1. The summed E-state index contributed by atoms with van der Waals surface area (Å²) in [5, 5.41) is 18.6. The normalized spacial score (nSPS) is 11.9. The second kappa shape index (κ2) is 8.26. The highest BCUT2D eigenvalue weighted by Gasteiger charge is 2.20. The molecule has 1 amide bonds. The van der Waals surface area contributed by atoms with Crippen LogP contribution in [0.2, 0.25) is 0 Å². The molecule has 1 heterocycles. The van der Waals surface area contributed by atoms with Crippen LogP contribution in [0.4, 0.5) is 5.69 Å². The second-order valence-electron chi connectivity index (χ2n) is 7.20. The molecule has 150 valence electrons. The Labute approximate surface area is 169 Å². The zero-order valence-corrected chi connectivity index (χ0v) is 17.0. The van der Waals surface area contributed by atoms with Gasteiger partial charge in [-0.05, 0) is 57.0 Å². The third-order valence-electron chi connectivity index (χ3n) is 4.89. The second-order valence-corrected chi connectivity index (χ2v) is 7.20. The Morgan fingerprint density at radius 2 is 1.86 bits per heavy atom. The standard InChI is InChI=1S/C22H24N4O3/c1-5-16(4)23-22(27)21-13-19(17-7-9-18(10-8-17)26(28)29)24-25(21)20-11-6-14(2)12-15(20)3/h6-13,16H,5H2,1-4H3,(H,23,27). The molecule has 1 atom stereocenters. The summed E-state index contributed by atoms with van der Waals surface area (Å²) < 4.78 is 1.64. The van der Waals surface area contributed by atoms with Crippen LogP contribution >= 0.6 is 0 Å². The molecule has 1 N–H and O–H groups in total. The van der Waals surface area contributed by atoms with Crippen LogP contribution in [0.1, 0.15) is 41.9 Å². The summed E-state index contributed by atoms with van der Waals surface area (Å²) in [7, 11) is 0. The molecule has 0 saturated heterocycles. The minimum atomic E-state index is -0.441. The first-order chi connectivity index (χ1) is 13.8. The third kappa shape index (κ3) is 4.34. The number of nitro benzene ring substituents is 1. The first-order valence-corrected chi connectivity index (χ1v) is 9.53. The molecule has 29 heavy (non-hydrogen) atoms. The summed E-state index contributed by atoms with van der Waals surface area (Å²) in [5.74, 6) is -0.208. The van der Waals surface area contributed by atoms with Crippen LogP contribution in [-0.2, 0) is 0 Å². The number of rotatable bonds is 6. The van der Waals surface area contributed by atoms with E-state index in [4.69, 9.17) is 0 Å². The summed E-state index contributed by atoms with van der Waals surface area (Å²) in [5.41, 5.74) is 4.66. The zero-order chi connectivity index (χ0) is 21.1. The van der Waals surface area contributed by atoms with Crippen molar-refractivity contribution in [2.75, 3.05) is 0 Å². The Bertz CT molecular complexity index is 1050. The van der Waals surface area contributed by atoms with Gasteiger partial charge in [0.05, 0.1) is 16.3 Å². The molecule has 0 fully saturated rings. The number of non-ortho nitro benzene ring substituents is 1. The fourth-order valence-corrected chi connectivity index (χ4v) is 3.06. The molecule has 7 nitrogen and oxygen atoms in total. The van der Waals surface area contributed by atoms with Crippen molar-refractivity contribution in [3.63, 3.8) is 0 Å². The molecule has 3 rings (SSSR count). The monoisotopic (exact) mass is 392 g/mol. The summed E-state index contributed by atoms with van der Waals surface area (Å²) in [4.78, 5) is 23.4. The molecule has 1 aromatic heterocycles. The molecule has 0 aliphatic rings. The lowest BCUT2D eigenvalue weighted by Gasteiger charge is -2.14. The van der Waals surface area contributed by atoms with Crippen molar-refractivity contribution in [1.82, 2.24) is 15.1 Å². The van der Waals surface area contributed by atoms with Crippen molar-refractivity contribution in [2.45, 2.75) is 40.2 Å². The van der Waals surface area contributed by atoms with Gasteiger partial charge in [-0.25, -0.2) is 4.68 Å². The lowest BCUT2D eigenvalue weighted by atomic mass is 10.1. The number of benzene rings is 2. The van der Waals surface area contributed by atoms with Crippen LogP contribution in [-0.4, -0.2) is 26.7 Å². The van der Waals surface area contributed by atoms with E-state index < -0.39 is 4.92 Å². The van der Waals surface area contributed by atoms with E-state index in [2.05, 4.69) is 10.4 Å². The summed E-state index contributed by atoms with van der Waals surface area (Å²) in [6.45, 7) is 7.95. The van der Waals surface area contributed by atoms with Crippen molar-refractivity contribution < 1.29 is 9.72 Å². The van der Waals surface area contributed by atoms with Gasteiger partial charge >= 0.3 is 0 Å². The maximum Gasteiger partial charge on any atom is 0.270 e. The number of amides is 1. The zero-order valence-electron chi connectivity index (χ0n) is 17.0. The van der Waals surface area contributed by atoms with Crippen LogP contribution in [0.3, 0.4) is 0 Å². The number of aromatic nitrogens is 2. The number of nitro groups is 1. The third-order valence-corrected chi connectivity index (χ3v) is 4.89. The summed E-state index contributed by atoms with van der Waals surface area (Å²) in [6.07, 6.45) is 0.818. The van der Waals surface area contributed by atoms with E-state index in [0.29, 0.717) is 17.0 Å². The first kappa shape index (κ1) is 20.3. The first-order valence-electron chi connectivity index (χ1n) is 9.53. The van der Waals surface area contributed by atoms with Crippen LogP contribution in [0.25, 0.3) is 16.9 Å². The SMILES string of the molecule is CCC(C)NC(=O)c1cc(-c2ccc([N+](=O)[O-])cc2)nn1-c1ccc(C)cc1C. The molecule has 7 heteroatoms. The van der Waals surface area contributed by atoms with Crippen molar-refractivity contribution in [3.8, 4) is 16.9 Å². The fourth-order valence-electron chi connectivity index (χ4n) is 3.06. The quantitative estimate of drug-likeness (QED) is 0.491. The number of carbonyl (C=O) groups excluding carboxylic acids is 1. The Balaban J connectivity index is 2.10. The molecule has 2 aromatic carbocycles. The molecular formula is C22H24N4O3. The van der Waals surface area contributed by atoms with E-state index in [9.17, 15) is 14.9 Å². The van der Waals surface area contributed by atoms with Crippen molar-refractivity contribution >= 4 is 11.6 Å². The highest BCUT2D eigenvalue weighted by Crippen LogP contribution is 2.25. The molecule has 0 aliphatic carbocycles. The van der Waals surface area contributed by atoms with E-state index in [1.54, 1.807) is 22.9 Å². The highest BCUT2D eigenvalue weighted by atomic mass is 16.6. The van der Waals surface area contributed by atoms with Gasteiger partial charge in [0.15, 0.2) is 0 Å². The number of hydrogen-bond donors (Lipinski definition) is 1. The van der Waals surface area contributed by atoms with Gasteiger partial charge in [0, 0.05) is 23.7 Å². The fraction of sp³-hybridized carbons (Fsp3) is 0.273. The van der Waals surface area contributed by atoms with Gasteiger partial charge < -0.3 is 5.32 Å². The Kier molecular flexibility index (Phi) is 5.77. The molecular weight excluding hydrogens is 368 g/mol. The summed E-state index contributed by atoms with van der Waals surface area (Å²) >= 11 is 0. The van der Waals surface area contributed by atoms with E-state index in [0.717, 1.165) is 23.2 Å². The largest absolute Gasteiger partial charge is 0.348 e. The predicted molar refractivity (Wildman–Crippen MR) is 112 cm³/mol. The van der Waals surface area contributed by atoms with E-state index >= 15 is 0 Å². The van der Waals surface area contributed by atoms with Gasteiger partial charge in [-0.2, -0.15) is 5.10 Å². The minimum absolute atomic E-state index is 0.0114. The minimum Gasteiger partial charge on any atom is -0.348 e. The topological polar surface area (TPSA) is 90.1 Å². The molecule has 0 spiro atoms. The van der Waals surface area contributed by atoms with Gasteiger partial charge in [0.1, 0.15) is 5.69 Å². The molecule has 0 saturated carbocycles. The maximum absolute atomic E-state index is 12.9. The lowest BCUT2D eigenvalue weighted by molar-refractivity contribution is -0.384. The summed E-state index contributed by atoms with van der Waals surface area (Å²) in [6, 6.07) is 13.9. The molecule has 3 aromatic rings.